The predicted molar refractivity (Wildman–Crippen MR) is 73.8 cm³/mol. The molecule has 108 valence electrons. The average Bonchev–Trinajstić information content (AvgIpc) is 2.42. The van der Waals surface area contributed by atoms with Gasteiger partial charge in [-0.3, -0.25) is 14.9 Å². The summed E-state index contributed by atoms with van der Waals surface area (Å²) in [5.41, 5.74) is -0.155. The molecule has 0 atom stereocenters. The Morgan fingerprint density at radius 1 is 1.60 bits per heavy atom. The van der Waals surface area contributed by atoms with Crippen LogP contribution in [0.3, 0.4) is 0 Å². The van der Waals surface area contributed by atoms with Gasteiger partial charge in [0, 0.05) is 32.2 Å². The number of nitrogens with zero attached hydrogens (tertiary/aromatic N) is 3. The Kier molecular flexibility index (Phi) is 4.70. The van der Waals surface area contributed by atoms with Crippen molar-refractivity contribution in [2.24, 2.45) is 0 Å². The summed E-state index contributed by atoms with van der Waals surface area (Å²) in [4.78, 5) is 27.2. The first-order chi connectivity index (χ1) is 9.58. The van der Waals surface area contributed by atoms with Crippen molar-refractivity contribution in [1.82, 2.24) is 15.2 Å². The van der Waals surface area contributed by atoms with Crippen molar-refractivity contribution in [1.29, 1.82) is 0 Å². The Labute approximate surface area is 120 Å². The summed E-state index contributed by atoms with van der Waals surface area (Å²) >= 11 is 5.90. The maximum absolute atomic E-state index is 11.5. The first-order valence-electron chi connectivity index (χ1n) is 6.10. The highest BCUT2D eigenvalue weighted by Gasteiger charge is 2.17. The summed E-state index contributed by atoms with van der Waals surface area (Å²) in [6.07, 6.45) is 1.14. The van der Waals surface area contributed by atoms with Crippen LogP contribution < -0.4 is 10.6 Å². The van der Waals surface area contributed by atoms with Gasteiger partial charge < -0.3 is 15.5 Å². The highest BCUT2D eigenvalue weighted by atomic mass is 35.5. The van der Waals surface area contributed by atoms with E-state index in [4.69, 9.17) is 11.6 Å². The van der Waals surface area contributed by atoms with Gasteiger partial charge in [-0.05, 0) is 0 Å². The summed E-state index contributed by atoms with van der Waals surface area (Å²) in [5.74, 6) is 0.431. The van der Waals surface area contributed by atoms with Crippen LogP contribution in [0, 0.1) is 10.1 Å². The van der Waals surface area contributed by atoms with E-state index in [0.717, 1.165) is 12.7 Å². The number of hydrogen-bond donors (Lipinski definition) is 2. The highest BCUT2D eigenvalue weighted by Crippen LogP contribution is 2.23. The first-order valence-corrected chi connectivity index (χ1v) is 6.48. The minimum absolute atomic E-state index is 0.0563. The van der Waals surface area contributed by atoms with Crippen LogP contribution in [0.2, 0.25) is 5.02 Å². The second-order valence-electron chi connectivity index (χ2n) is 4.27. The highest BCUT2D eigenvalue weighted by molar-refractivity contribution is 6.33. The number of halogens is 1. The molecular weight excluding hydrogens is 286 g/mol. The van der Waals surface area contributed by atoms with Crippen LogP contribution in [-0.4, -0.2) is 53.4 Å². The van der Waals surface area contributed by atoms with Gasteiger partial charge in [-0.25, -0.2) is 4.98 Å². The van der Waals surface area contributed by atoms with Crippen LogP contribution in [-0.2, 0) is 4.79 Å². The predicted octanol–water partition coefficient (Wildman–Crippen LogP) is 0.487. The van der Waals surface area contributed by atoms with Crippen LogP contribution >= 0.6 is 11.6 Å². The third-order valence-corrected chi connectivity index (χ3v) is 3.19. The fraction of sp³-hybridized carbons (Fsp3) is 0.455. The number of nitrogens with one attached hydrogen (secondary N) is 2. The standard InChI is InChI=1S/C11H14ClN5O3/c12-9-5-8(17(19)20)6-15-11(9)14-2-4-16-3-1-13-7-10(16)18/h5-6,13H,1-4,7H2,(H,14,15). The number of amides is 1. The van der Waals surface area contributed by atoms with Crippen LogP contribution in [0.1, 0.15) is 0 Å². The van der Waals surface area contributed by atoms with E-state index in [1.54, 1.807) is 4.90 Å². The normalized spacial score (nSPS) is 15.2. The third-order valence-electron chi connectivity index (χ3n) is 2.90. The molecule has 0 spiro atoms. The first kappa shape index (κ1) is 14.5. The Bertz CT molecular complexity index is 525. The molecule has 0 aromatic carbocycles. The second-order valence-corrected chi connectivity index (χ2v) is 4.67. The molecule has 1 aliphatic heterocycles. The number of piperazine rings is 1. The SMILES string of the molecule is O=C1CNCCN1CCNc1ncc([N+](=O)[O-])cc1Cl. The quantitative estimate of drug-likeness (QED) is 0.606. The maximum atomic E-state index is 11.5. The summed E-state index contributed by atoms with van der Waals surface area (Å²) in [6.45, 7) is 2.83. The van der Waals surface area contributed by atoms with Crippen LogP contribution in [0.25, 0.3) is 0 Å². The fourth-order valence-electron chi connectivity index (χ4n) is 1.85. The minimum Gasteiger partial charge on any atom is -0.367 e. The number of nitro groups is 1. The molecule has 9 heteroatoms. The van der Waals surface area contributed by atoms with Crippen LogP contribution in [0.5, 0.6) is 0 Å². The van der Waals surface area contributed by atoms with Crippen molar-refractivity contribution < 1.29 is 9.72 Å². The number of anilines is 1. The van der Waals surface area contributed by atoms with Gasteiger partial charge in [0.2, 0.25) is 5.91 Å². The van der Waals surface area contributed by atoms with Crippen molar-refractivity contribution in [2.45, 2.75) is 0 Å². The monoisotopic (exact) mass is 299 g/mol. The Morgan fingerprint density at radius 3 is 3.05 bits per heavy atom. The van der Waals surface area contributed by atoms with Gasteiger partial charge in [-0.15, -0.1) is 0 Å². The molecular formula is C11H14ClN5O3. The van der Waals surface area contributed by atoms with Crippen molar-refractivity contribution in [2.75, 3.05) is 38.0 Å². The molecule has 2 N–H and O–H groups in total. The minimum atomic E-state index is -0.554. The fourth-order valence-corrected chi connectivity index (χ4v) is 2.08. The zero-order valence-electron chi connectivity index (χ0n) is 10.6. The lowest BCUT2D eigenvalue weighted by Gasteiger charge is -2.27. The van der Waals surface area contributed by atoms with E-state index in [2.05, 4.69) is 15.6 Å². The third kappa shape index (κ3) is 3.55. The molecule has 1 amide bonds. The van der Waals surface area contributed by atoms with E-state index in [1.165, 1.54) is 6.07 Å². The number of carbonyl (C=O) groups is 1. The second kappa shape index (κ2) is 6.49. The zero-order chi connectivity index (χ0) is 14.5. The van der Waals surface area contributed by atoms with E-state index in [9.17, 15) is 14.9 Å². The average molecular weight is 300 g/mol. The topological polar surface area (TPSA) is 100 Å². The van der Waals surface area contributed by atoms with Gasteiger partial charge >= 0.3 is 0 Å². The molecule has 0 saturated carbocycles. The molecule has 8 nitrogen and oxygen atoms in total. The number of rotatable bonds is 5. The molecule has 1 aromatic heterocycles. The van der Waals surface area contributed by atoms with E-state index < -0.39 is 4.92 Å². The Hall–Kier alpha value is -1.93. The molecule has 1 saturated heterocycles. The molecule has 1 fully saturated rings. The summed E-state index contributed by atoms with van der Waals surface area (Å²) in [6, 6.07) is 1.24. The smallest absolute Gasteiger partial charge is 0.289 e. The molecule has 2 heterocycles. The Morgan fingerprint density at radius 2 is 2.40 bits per heavy atom. The van der Waals surface area contributed by atoms with E-state index in [0.29, 0.717) is 32.0 Å². The van der Waals surface area contributed by atoms with Gasteiger partial charge in [0.05, 0.1) is 16.5 Å². The van der Waals surface area contributed by atoms with Gasteiger partial charge in [-0.1, -0.05) is 11.6 Å². The summed E-state index contributed by atoms with van der Waals surface area (Å²) in [7, 11) is 0. The Balaban J connectivity index is 1.87. The molecule has 0 aliphatic carbocycles. The number of aromatic nitrogens is 1. The summed E-state index contributed by atoms with van der Waals surface area (Å²) < 4.78 is 0. The van der Waals surface area contributed by atoms with Crippen molar-refractivity contribution in [3.8, 4) is 0 Å². The molecule has 0 radical (unpaired) electrons. The van der Waals surface area contributed by atoms with E-state index in [1.807, 2.05) is 0 Å². The largest absolute Gasteiger partial charge is 0.367 e. The lowest BCUT2D eigenvalue weighted by Crippen LogP contribution is -2.49. The van der Waals surface area contributed by atoms with E-state index >= 15 is 0 Å². The van der Waals surface area contributed by atoms with Crippen molar-refractivity contribution >= 4 is 29.0 Å². The van der Waals surface area contributed by atoms with E-state index in [-0.39, 0.29) is 16.6 Å². The molecule has 1 aromatic rings. The van der Waals surface area contributed by atoms with Gasteiger partial charge in [-0.2, -0.15) is 0 Å². The zero-order valence-corrected chi connectivity index (χ0v) is 11.4. The van der Waals surface area contributed by atoms with Crippen LogP contribution in [0.15, 0.2) is 12.3 Å². The molecule has 0 unspecified atom stereocenters. The maximum Gasteiger partial charge on any atom is 0.289 e. The van der Waals surface area contributed by atoms with Crippen molar-refractivity contribution in [3.05, 3.63) is 27.4 Å². The number of carbonyl (C=O) groups excluding carboxylic acids is 1. The van der Waals surface area contributed by atoms with Crippen LogP contribution in [0.4, 0.5) is 11.5 Å². The molecule has 20 heavy (non-hydrogen) atoms. The van der Waals surface area contributed by atoms with Gasteiger partial charge in [0.15, 0.2) is 0 Å². The summed E-state index contributed by atoms with van der Waals surface area (Å²) in [5, 5.41) is 16.7. The van der Waals surface area contributed by atoms with Crippen molar-refractivity contribution in [3.63, 3.8) is 0 Å². The lowest BCUT2D eigenvalue weighted by atomic mass is 10.3. The number of pyridine rings is 1. The molecule has 0 bridgehead atoms. The molecule has 2 rings (SSSR count). The van der Waals surface area contributed by atoms with Gasteiger partial charge in [0.1, 0.15) is 12.0 Å². The van der Waals surface area contributed by atoms with Gasteiger partial charge in [0.25, 0.3) is 5.69 Å². The molecule has 1 aliphatic rings. The number of hydrogen-bond acceptors (Lipinski definition) is 6. The lowest BCUT2D eigenvalue weighted by molar-refractivity contribution is -0.385.